The van der Waals surface area contributed by atoms with Crippen LogP contribution < -0.4 is 4.74 Å². The predicted molar refractivity (Wildman–Crippen MR) is 189 cm³/mol. The van der Waals surface area contributed by atoms with Crippen molar-refractivity contribution in [1.29, 1.82) is 0 Å². The Labute approximate surface area is 300 Å². The number of hydrogen-bond acceptors (Lipinski definition) is 1. The molecule has 1 nitrogen and oxygen atoms in total. The molecule has 0 atom stereocenters. The van der Waals surface area contributed by atoms with Crippen LogP contribution in [0.3, 0.4) is 0 Å². The summed E-state index contributed by atoms with van der Waals surface area (Å²) in [6.45, 7) is 3.94. The lowest BCUT2D eigenvalue weighted by atomic mass is 9.77. The molecule has 4 aromatic carbocycles. The van der Waals surface area contributed by atoms with Gasteiger partial charge in [-0.1, -0.05) is 81.9 Å². The topological polar surface area (TPSA) is 9.23 Å². The van der Waals surface area contributed by atoms with Crippen molar-refractivity contribution in [3.63, 3.8) is 0 Å². The molecule has 0 saturated heterocycles. The van der Waals surface area contributed by atoms with Crippen molar-refractivity contribution < 1.29 is 39.9 Å². The highest BCUT2D eigenvalue weighted by Crippen LogP contribution is 2.41. The summed E-state index contributed by atoms with van der Waals surface area (Å²) in [5.74, 6) is -7.32. The first-order chi connectivity index (χ1) is 24.9. The van der Waals surface area contributed by atoms with Crippen LogP contribution in [0.1, 0.15) is 107 Å². The van der Waals surface area contributed by atoms with Gasteiger partial charge in [0.2, 0.25) is 0 Å². The summed E-state index contributed by atoms with van der Waals surface area (Å²) in [6, 6.07) is 10.6. The second kappa shape index (κ2) is 17.6. The molecule has 1 aliphatic rings. The molecule has 0 aliphatic heterocycles. The molecule has 0 bridgehead atoms. The first-order valence-corrected chi connectivity index (χ1v) is 18.2. The fourth-order valence-corrected chi connectivity index (χ4v) is 7.23. The monoisotopic (exact) mass is 728 g/mol. The minimum atomic E-state index is -4.68. The molecular weight excluding hydrogens is 684 g/mol. The van der Waals surface area contributed by atoms with Crippen molar-refractivity contribution in [2.24, 2.45) is 5.92 Å². The van der Waals surface area contributed by atoms with E-state index >= 15 is 26.3 Å². The molecule has 1 aliphatic carbocycles. The van der Waals surface area contributed by atoms with Gasteiger partial charge in [0.25, 0.3) is 0 Å². The van der Waals surface area contributed by atoms with Crippen LogP contribution in [0.25, 0.3) is 22.3 Å². The van der Waals surface area contributed by atoms with Gasteiger partial charge in [-0.25, -0.2) is 26.3 Å². The Hall–Kier alpha value is -4.14. The third-order valence-corrected chi connectivity index (χ3v) is 10.1. The summed E-state index contributed by atoms with van der Waals surface area (Å²) in [7, 11) is 0. The predicted octanol–water partition coefficient (Wildman–Crippen LogP) is 14.1. The lowest BCUT2D eigenvalue weighted by molar-refractivity contribution is -0.189. The largest absolute Gasteiger partial charge is 0.432 e. The van der Waals surface area contributed by atoms with Crippen LogP contribution in [0, 0.1) is 40.8 Å². The average molecular weight is 729 g/mol. The molecule has 0 amide bonds. The van der Waals surface area contributed by atoms with Gasteiger partial charge in [0.15, 0.2) is 0 Å². The maximum atomic E-state index is 15.4. The highest BCUT2D eigenvalue weighted by atomic mass is 19.3. The number of rotatable bonds is 15. The normalized spacial score (nSPS) is 16.5. The molecule has 0 N–H and O–H groups in total. The second-order valence-electron chi connectivity index (χ2n) is 13.8. The van der Waals surface area contributed by atoms with Crippen molar-refractivity contribution in [2.45, 2.75) is 103 Å². The quantitative estimate of drug-likeness (QED) is 0.0673. The molecule has 52 heavy (non-hydrogen) atoms. The molecule has 0 spiro atoms. The van der Waals surface area contributed by atoms with Gasteiger partial charge in [-0.3, -0.25) is 0 Å². The summed E-state index contributed by atoms with van der Waals surface area (Å²) in [4.78, 5) is 0. The van der Waals surface area contributed by atoms with E-state index in [1.54, 1.807) is 25.1 Å². The van der Waals surface area contributed by atoms with Gasteiger partial charge in [-0.15, -0.1) is 0 Å². The Morgan fingerprint density at radius 3 is 1.88 bits per heavy atom. The number of hydrogen-bond donors (Lipinski definition) is 0. The zero-order valence-electron chi connectivity index (χ0n) is 29.5. The number of unbranched alkanes of at least 4 members (excludes halogenated alkanes) is 4. The van der Waals surface area contributed by atoms with E-state index in [9.17, 15) is 8.78 Å². The van der Waals surface area contributed by atoms with Crippen LogP contribution >= 0.6 is 0 Å². The van der Waals surface area contributed by atoms with Crippen molar-refractivity contribution in [2.75, 3.05) is 0 Å². The van der Waals surface area contributed by atoms with Gasteiger partial charge < -0.3 is 4.74 Å². The number of alkyl halides is 2. The number of benzene rings is 4. The van der Waals surface area contributed by atoms with Crippen LogP contribution in [-0.4, -0.2) is 0 Å². The molecule has 1 saturated carbocycles. The van der Waals surface area contributed by atoms with E-state index in [4.69, 9.17) is 0 Å². The van der Waals surface area contributed by atoms with E-state index in [-0.39, 0.29) is 34.6 Å². The summed E-state index contributed by atoms with van der Waals surface area (Å²) in [5, 5.41) is 0. The first-order valence-electron chi connectivity index (χ1n) is 18.2. The van der Waals surface area contributed by atoms with E-state index in [2.05, 4.69) is 11.7 Å². The van der Waals surface area contributed by atoms with Gasteiger partial charge in [-0.2, -0.15) is 8.78 Å². The van der Waals surface area contributed by atoms with E-state index in [1.165, 1.54) is 56.7 Å². The summed E-state index contributed by atoms with van der Waals surface area (Å²) < 4.78 is 124. The third kappa shape index (κ3) is 9.44. The Morgan fingerprint density at radius 2 is 1.27 bits per heavy atom. The number of halogens is 8. The Morgan fingerprint density at radius 1 is 0.673 bits per heavy atom. The average Bonchev–Trinajstić information content (AvgIpc) is 3.09. The lowest BCUT2D eigenvalue weighted by Crippen LogP contribution is -2.25. The summed E-state index contributed by atoms with van der Waals surface area (Å²) >= 11 is 0. The standard InChI is InChI=1S/C43H44F8O/c1-3-5-7-8-10-11-27-13-15-28(16-14-27)29-17-19-33(36(44)21-29)30-18-20-34(37(45)22-30)31-23-40(48)42(41(49)24-31)43(50,51)52-32-25-38(46)35(39(47)26-32)12-9-6-4-2/h4,6,17-28H,3,5,7-16H2,1-2H3. The first kappa shape index (κ1) is 39.1. The van der Waals surface area contributed by atoms with Crippen LogP contribution in [0.15, 0.2) is 72.8 Å². The van der Waals surface area contributed by atoms with Crippen molar-refractivity contribution in [3.05, 3.63) is 124 Å². The highest BCUT2D eigenvalue weighted by molar-refractivity contribution is 5.72. The smallest absolute Gasteiger partial charge is 0.429 e. The fourth-order valence-electron chi connectivity index (χ4n) is 7.23. The van der Waals surface area contributed by atoms with Gasteiger partial charge in [0.1, 0.15) is 46.2 Å². The van der Waals surface area contributed by atoms with Crippen molar-refractivity contribution >= 4 is 0 Å². The molecule has 0 unspecified atom stereocenters. The molecule has 278 valence electrons. The van der Waals surface area contributed by atoms with E-state index in [0.717, 1.165) is 37.3 Å². The molecule has 4 aromatic rings. The second-order valence-corrected chi connectivity index (χ2v) is 13.8. The Balaban J connectivity index is 1.27. The molecular formula is C43H44F8O. The van der Waals surface area contributed by atoms with Crippen LogP contribution in [-0.2, 0) is 12.5 Å². The van der Waals surface area contributed by atoms with Gasteiger partial charge in [0.05, 0.1) is 0 Å². The SMILES string of the molecule is CC=CCCc1c(F)cc(OC(F)(F)c2c(F)cc(-c3ccc(-c4ccc(C5CCC(CCCCCCC)CC5)cc4F)cc3F)cc2F)cc1F. The van der Waals surface area contributed by atoms with Crippen molar-refractivity contribution in [1.82, 2.24) is 0 Å². The maximum Gasteiger partial charge on any atom is 0.432 e. The zero-order valence-corrected chi connectivity index (χ0v) is 29.5. The molecule has 0 heterocycles. The molecule has 9 heteroatoms. The molecule has 0 aromatic heterocycles. The lowest BCUT2D eigenvalue weighted by Gasteiger charge is -2.29. The fraction of sp³-hybridized carbons (Fsp3) is 0.395. The Kier molecular flexibility index (Phi) is 13.2. The van der Waals surface area contributed by atoms with Crippen LogP contribution in [0.2, 0.25) is 0 Å². The van der Waals surface area contributed by atoms with Crippen LogP contribution in [0.4, 0.5) is 35.1 Å². The minimum absolute atomic E-state index is 0.0394. The maximum absolute atomic E-state index is 15.4. The highest BCUT2D eigenvalue weighted by Gasteiger charge is 2.41. The van der Waals surface area contributed by atoms with E-state index in [1.807, 2.05) is 6.07 Å². The summed E-state index contributed by atoms with van der Waals surface area (Å²) in [5.41, 5.74) is -1.62. The van der Waals surface area contributed by atoms with Crippen molar-refractivity contribution in [3.8, 4) is 28.0 Å². The molecule has 1 fully saturated rings. The van der Waals surface area contributed by atoms with Gasteiger partial charge >= 0.3 is 6.11 Å². The number of allylic oxidation sites excluding steroid dienone is 2. The Bertz CT molecular complexity index is 1810. The van der Waals surface area contributed by atoms with E-state index < -0.39 is 57.9 Å². The van der Waals surface area contributed by atoms with Crippen LogP contribution in [0.5, 0.6) is 5.75 Å². The molecule has 0 radical (unpaired) electrons. The van der Waals surface area contributed by atoms with Gasteiger partial charge in [0, 0.05) is 28.8 Å². The number of ether oxygens (including phenoxy) is 1. The third-order valence-electron chi connectivity index (χ3n) is 10.1. The summed E-state index contributed by atoms with van der Waals surface area (Å²) in [6.07, 6.45) is 10.7. The minimum Gasteiger partial charge on any atom is -0.429 e. The van der Waals surface area contributed by atoms with E-state index in [0.29, 0.717) is 36.6 Å². The molecule has 5 rings (SSSR count). The zero-order chi connectivity index (χ0) is 37.4. The van der Waals surface area contributed by atoms with Gasteiger partial charge in [-0.05, 0) is 98.2 Å².